The summed E-state index contributed by atoms with van der Waals surface area (Å²) < 4.78 is 15.7. The number of hydrogen-bond acceptors (Lipinski definition) is 9. The fourth-order valence-electron chi connectivity index (χ4n) is 8.26. The van der Waals surface area contributed by atoms with Crippen LogP contribution >= 0.6 is 0 Å². The number of hydrogen-bond donors (Lipinski definition) is 4. The Morgan fingerprint density at radius 1 is 0.786 bits per heavy atom. The average molecular weight is 767 g/mol. The zero-order valence-corrected chi connectivity index (χ0v) is 32.6. The summed E-state index contributed by atoms with van der Waals surface area (Å²) in [5, 5.41) is 4.03. The number of fused-ring (bicyclic) bond motifs is 2. The van der Waals surface area contributed by atoms with E-state index in [1.54, 1.807) is 17.3 Å². The van der Waals surface area contributed by atoms with Crippen LogP contribution in [0, 0.1) is 11.8 Å². The van der Waals surface area contributed by atoms with Crippen molar-refractivity contribution in [2.24, 2.45) is 11.8 Å². The van der Waals surface area contributed by atoms with Gasteiger partial charge in [0.2, 0.25) is 11.8 Å². The molecule has 4 aromatic rings. The zero-order valence-electron chi connectivity index (χ0n) is 32.6. The van der Waals surface area contributed by atoms with Crippen molar-refractivity contribution in [1.29, 1.82) is 0 Å². The maximum atomic E-state index is 13.8. The largest absolute Gasteiger partial charge is 0.453 e. The summed E-state index contributed by atoms with van der Waals surface area (Å²) in [6.07, 6.45) is 5.12. The number of carbonyl (C=O) groups excluding carboxylic acids is 4. The Bertz CT molecular complexity index is 2040. The predicted molar refractivity (Wildman–Crippen MR) is 207 cm³/mol. The molecule has 2 aromatic carbocycles. The first-order chi connectivity index (χ1) is 27.0. The SMILES string of the molecule is COC(=O)N[C@H](C(=O)N1CCC[C@H]1c1ncc(-c2ccc(-c3ccc(-c4cnc([C@H]5C6CCC(O6)[C@H]5C(=O)N(NC(=O)OC)C(C)C)[nH]4)cc3)cc2)[nH]1)C(C)C. The second-order valence-electron chi connectivity index (χ2n) is 15.3. The standard InChI is InChI=1S/C41H50N8O7/c1-22(2)35(46-40(52)54-5)39(51)48-19-7-8-30(48)36-42-20-28(44-36)26-13-9-24(10-14-26)25-11-15-27(16-12-25)29-21-43-37(45-29)33-31-17-18-32(56-31)34(33)38(50)49(23(3)4)47-41(53)55-6/h9-16,20-23,30-35H,7-8,17-19H2,1-6H3,(H,42,44)(H,43,45)(H,46,52)(H,47,53)/t30-,31?,32?,33-,34+,35-/m0/s1. The number of nitrogens with zero attached hydrogens (tertiary/aromatic N) is 4. The molecule has 4 N–H and O–H groups in total. The van der Waals surface area contributed by atoms with Gasteiger partial charge in [0.05, 0.1) is 68.1 Å². The van der Waals surface area contributed by atoms with Crippen molar-refractivity contribution in [3.63, 3.8) is 0 Å². The predicted octanol–water partition coefficient (Wildman–Crippen LogP) is 5.95. The minimum Gasteiger partial charge on any atom is -0.453 e. The normalized spacial score (nSPS) is 22.0. The molecule has 56 heavy (non-hydrogen) atoms. The van der Waals surface area contributed by atoms with Gasteiger partial charge >= 0.3 is 12.2 Å². The van der Waals surface area contributed by atoms with Gasteiger partial charge in [0.1, 0.15) is 17.7 Å². The first-order valence-electron chi connectivity index (χ1n) is 19.3. The number of H-pyrrole nitrogens is 2. The lowest BCUT2D eigenvalue weighted by atomic mass is 9.78. The van der Waals surface area contributed by atoms with Gasteiger partial charge in [-0.3, -0.25) is 9.59 Å². The number of likely N-dealkylation sites (tertiary alicyclic amines) is 1. The molecule has 0 radical (unpaired) electrons. The van der Waals surface area contributed by atoms with Crippen molar-refractivity contribution in [2.75, 3.05) is 20.8 Å². The van der Waals surface area contributed by atoms with E-state index in [-0.39, 0.29) is 47.9 Å². The van der Waals surface area contributed by atoms with Gasteiger partial charge < -0.3 is 34.4 Å². The summed E-state index contributed by atoms with van der Waals surface area (Å²) in [4.78, 5) is 69.5. The van der Waals surface area contributed by atoms with Crippen LogP contribution in [0.25, 0.3) is 33.6 Å². The number of amides is 4. The maximum absolute atomic E-state index is 13.8. The molecule has 4 amide bonds. The van der Waals surface area contributed by atoms with Crippen LogP contribution in [0.1, 0.15) is 77.0 Å². The van der Waals surface area contributed by atoms with Crippen molar-refractivity contribution >= 4 is 24.0 Å². The maximum Gasteiger partial charge on any atom is 0.425 e. The Hall–Kier alpha value is -5.70. The molecule has 5 heterocycles. The number of carbonyl (C=O) groups is 4. The Kier molecular flexibility index (Phi) is 11.1. The van der Waals surface area contributed by atoms with Gasteiger partial charge in [-0.2, -0.15) is 0 Å². The molecule has 3 saturated heterocycles. The Labute approximate surface area is 325 Å². The highest BCUT2D eigenvalue weighted by Gasteiger charge is 2.55. The van der Waals surface area contributed by atoms with Crippen LogP contribution in [0.4, 0.5) is 9.59 Å². The fourth-order valence-corrected chi connectivity index (χ4v) is 8.26. The first kappa shape index (κ1) is 38.6. The molecule has 2 aromatic heterocycles. The van der Waals surface area contributed by atoms with E-state index in [4.69, 9.17) is 19.2 Å². The highest BCUT2D eigenvalue weighted by atomic mass is 16.5. The quantitative estimate of drug-likeness (QED) is 0.142. The van der Waals surface area contributed by atoms with Gasteiger partial charge in [0, 0.05) is 12.6 Å². The summed E-state index contributed by atoms with van der Waals surface area (Å²) in [5.74, 6) is 0.173. The van der Waals surface area contributed by atoms with Crippen molar-refractivity contribution in [3.8, 4) is 33.6 Å². The summed E-state index contributed by atoms with van der Waals surface area (Å²) in [6.45, 7) is 8.06. The molecule has 15 heteroatoms. The lowest BCUT2D eigenvalue weighted by Gasteiger charge is -2.33. The zero-order chi connectivity index (χ0) is 39.7. The molecule has 6 atom stereocenters. The average Bonchev–Trinajstić information content (AvgIpc) is 4.06. The van der Waals surface area contributed by atoms with E-state index in [2.05, 4.69) is 50.0 Å². The van der Waals surface area contributed by atoms with E-state index in [9.17, 15) is 19.2 Å². The molecule has 2 bridgehead atoms. The summed E-state index contributed by atoms with van der Waals surface area (Å²) in [5.41, 5.74) is 8.28. The molecular weight excluding hydrogens is 716 g/mol. The van der Waals surface area contributed by atoms with E-state index in [1.807, 2.05) is 52.0 Å². The molecule has 3 fully saturated rings. The molecular formula is C41H50N8O7. The number of ether oxygens (including phenoxy) is 3. The number of methoxy groups -OCH3 is 2. The fraction of sp³-hybridized carbons (Fsp3) is 0.463. The van der Waals surface area contributed by atoms with Gasteiger partial charge in [-0.15, -0.1) is 0 Å². The van der Waals surface area contributed by atoms with Crippen molar-refractivity contribution in [2.45, 2.75) is 89.6 Å². The topological polar surface area (TPSA) is 184 Å². The smallest absolute Gasteiger partial charge is 0.425 e. The second-order valence-corrected chi connectivity index (χ2v) is 15.3. The van der Waals surface area contributed by atoms with Crippen LogP contribution in [-0.2, 0) is 23.8 Å². The van der Waals surface area contributed by atoms with Crippen LogP contribution in [-0.4, -0.2) is 98.9 Å². The summed E-state index contributed by atoms with van der Waals surface area (Å²) in [6, 6.07) is 15.3. The lowest BCUT2D eigenvalue weighted by Crippen LogP contribution is -2.54. The third-order valence-electron chi connectivity index (χ3n) is 11.2. The summed E-state index contributed by atoms with van der Waals surface area (Å²) in [7, 11) is 2.55. The molecule has 3 aliphatic rings. The van der Waals surface area contributed by atoms with E-state index in [1.165, 1.54) is 19.2 Å². The molecule has 0 saturated carbocycles. The number of hydrazine groups is 1. The monoisotopic (exact) mass is 766 g/mol. The number of rotatable bonds is 10. The van der Waals surface area contributed by atoms with Crippen LogP contribution in [0.2, 0.25) is 0 Å². The molecule has 7 rings (SSSR count). The summed E-state index contributed by atoms with van der Waals surface area (Å²) >= 11 is 0. The lowest BCUT2D eigenvalue weighted by molar-refractivity contribution is -0.142. The Balaban J connectivity index is 1.02. The number of aromatic nitrogens is 4. The third kappa shape index (κ3) is 7.59. The van der Waals surface area contributed by atoms with Crippen LogP contribution in [0.3, 0.4) is 0 Å². The number of benzene rings is 2. The van der Waals surface area contributed by atoms with Gasteiger partial charge in [-0.25, -0.2) is 30.0 Å². The minimum absolute atomic E-state index is 0.108. The molecule has 296 valence electrons. The van der Waals surface area contributed by atoms with Crippen molar-refractivity contribution in [3.05, 3.63) is 72.6 Å². The third-order valence-corrected chi connectivity index (χ3v) is 11.2. The van der Waals surface area contributed by atoms with Gasteiger partial charge in [0.15, 0.2) is 0 Å². The van der Waals surface area contributed by atoms with E-state index >= 15 is 0 Å². The van der Waals surface area contributed by atoms with Crippen LogP contribution in [0.15, 0.2) is 60.9 Å². The van der Waals surface area contributed by atoms with Gasteiger partial charge in [0.25, 0.3) is 0 Å². The number of alkyl carbamates (subject to hydrolysis) is 1. The van der Waals surface area contributed by atoms with Crippen LogP contribution in [0.5, 0.6) is 0 Å². The van der Waals surface area contributed by atoms with E-state index in [0.717, 1.165) is 65.1 Å². The number of imidazole rings is 2. The number of aromatic amines is 2. The second kappa shape index (κ2) is 16.2. The highest BCUT2D eigenvalue weighted by Crippen LogP contribution is 2.49. The molecule has 0 aliphatic carbocycles. The Morgan fingerprint density at radius 2 is 1.34 bits per heavy atom. The molecule has 15 nitrogen and oxygen atoms in total. The van der Waals surface area contributed by atoms with Crippen LogP contribution < -0.4 is 10.7 Å². The minimum atomic E-state index is -0.699. The highest BCUT2D eigenvalue weighted by molar-refractivity contribution is 5.86. The number of nitrogens with one attached hydrogen (secondary N) is 4. The van der Waals surface area contributed by atoms with Crippen molar-refractivity contribution < 1.29 is 33.4 Å². The first-order valence-corrected chi connectivity index (χ1v) is 19.3. The van der Waals surface area contributed by atoms with E-state index in [0.29, 0.717) is 12.4 Å². The molecule has 0 spiro atoms. The van der Waals surface area contributed by atoms with Gasteiger partial charge in [-0.05, 0) is 67.7 Å². The van der Waals surface area contributed by atoms with Gasteiger partial charge in [-0.1, -0.05) is 62.4 Å². The Morgan fingerprint density at radius 3 is 1.91 bits per heavy atom. The molecule has 2 unspecified atom stereocenters. The van der Waals surface area contributed by atoms with E-state index < -0.39 is 24.1 Å². The molecule has 3 aliphatic heterocycles. The van der Waals surface area contributed by atoms with Crippen molar-refractivity contribution in [1.82, 2.24) is 40.6 Å².